The molecule has 7 aliphatic rings. The van der Waals surface area contributed by atoms with Crippen LogP contribution in [0, 0.1) is 45.3 Å². The summed E-state index contributed by atoms with van der Waals surface area (Å²) < 4.78 is 37.6. The van der Waals surface area contributed by atoms with Gasteiger partial charge in [-0.3, -0.25) is 0 Å². The van der Waals surface area contributed by atoms with Crippen LogP contribution in [0.2, 0.25) is 0 Å². The fourth-order valence-corrected chi connectivity index (χ4v) is 14.5. The number of aliphatic hydroxyl groups excluding tert-OH is 12. The normalized spacial score (nSPS) is 52.9. The van der Waals surface area contributed by atoms with Gasteiger partial charge in [0, 0.05) is 0 Å². The minimum Gasteiger partial charge on any atom is -0.394 e. The van der Waals surface area contributed by atoms with Crippen LogP contribution in [0.5, 0.6) is 0 Å². The van der Waals surface area contributed by atoms with Crippen molar-refractivity contribution in [3.8, 4) is 0 Å². The molecule has 0 aromatic carbocycles. The van der Waals surface area contributed by atoms with Gasteiger partial charge in [-0.25, -0.2) is 0 Å². The third kappa shape index (κ3) is 8.89. The lowest BCUT2D eigenvalue weighted by Gasteiger charge is -2.72. The van der Waals surface area contributed by atoms with Gasteiger partial charge in [0.1, 0.15) is 67.1 Å². The lowest BCUT2D eigenvalue weighted by molar-refractivity contribution is -0.377. The second-order valence-electron chi connectivity index (χ2n) is 23.0. The molecule has 19 heteroatoms. The predicted octanol–water partition coefficient (Wildman–Crippen LogP) is -1.45. The van der Waals surface area contributed by atoms with Gasteiger partial charge in [0.05, 0.1) is 49.3 Å². The van der Waals surface area contributed by atoms with Gasteiger partial charge in [-0.2, -0.15) is 0 Å². The SMILES string of the molecule is CC(C)(O)/C=C/C[C@](C)(O[C@@H]1O[C@H](CO)[C@@H](O)[C@H](O)[C@H]1O)[C@H]1CC[C@]2(C)[C@@H]1[C@H](O)C[C@@H]1[C@@]3(C)CC[C@H](O)C(C)(C)C3[C@@H](O[C@@H]3O[C@H](CO)[C@@H](O)[C@H](O)[C@H]3O[C@@H]3OC[C@@H](O)[C@H](O)[C@H]3O)C[C@]12C. The van der Waals surface area contributed by atoms with Crippen molar-refractivity contribution in [3.05, 3.63) is 12.2 Å². The van der Waals surface area contributed by atoms with Gasteiger partial charge in [0.25, 0.3) is 0 Å². The molecule has 3 heterocycles. The first kappa shape index (κ1) is 52.8. The highest BCUT2D eigenvalue weighted by molar-refractivity contribution is 5.22. The van der Waals surface area contributed by atoms with Gasteiger partial charge >= 0.3 is 0 Å². The molecule has 0 amide bonds. The molecule has 3 aliphatic heterocycles. The highest BCUT2D eigenvalue weighted by Gasteiger charge is 2.74. The average molecular weight is 949 g/mol. The molecule has 7 rings (SSSR count). The number of rotatable bonds is 12. The monoisotopic (exact) mass is 949 g/mol. The first-order valence-electron chi connectivity index (χ1n) is 23.9. The molecule has 1 unspecified atom stereocenters. The maximum absolute atomic E-state index is 12.7. The Balaban J connectivity index is 1.27. The third-order valence-corrected chi connectivity index (χ3v) is 18.2. The van der Waals surface area contributed by atoms with Crippen LogP contribution < -0.4 is 0 Å². The maximum Gasteiger partial charge on any atom is 0.187 e. The highest BCUT2D eigenvalue weighted by Crippen LogP contribution is 2.76. The zero-order valence-corrected chi connectivity index (χ0v) is 39.6. The fraction of sp³-hybridized carbons (Fsp3) is 0.957. The van der Waals surface area contributed by atoms with Gasteiger partial charge in [0.15, 0.2) is 18.9 Å². The highest BCUT2D eigenvalue weighted by atomic mass is 16.8. The standard InChI is InChI=1S/C47H80O19/c1-42(2,60)12-9-13-47(8,66-40-36(59)33(56)31(54)25(18-48)63-40)21-10-15-45(6)29(21)22(50)16-27-44(5)14-11-28(52)43(3,4)38(44)24(17-46(27,45)7)62-41-37(34(57)32(55)26(19-49)64-41)65-39-35(58)30(53)23(51)20-61-39/h9,12,21-41,48-60H,10-11,13-20H2,1-8H3/b12-9+/t21-,22+,23+,24-,25+,26+,27+,28-,29-,30-,31+,32+,33-,34-,35+,36+,37+,38?,39-,40-,41+,44+,45+,46+,47-/m0/s1. The molecule has 19 nitrogen and oxygen atoms in total. The lowest BCUT2D eigenvalue weighted by Crippen LogP contribution is -2.71. The van der Waals surface area contributed by atoms with Crippen molar-refractivity contribution in [1.29, 1.82) is 0 Å². The largest absolute Gasteiger partial charge is 0.394 e. The van der Waals surface area contributed by atoms with Gasteiger partial charge in [-0.05, 0) is 111 Å². The number of hydrogen-bond donors (Lipinski definition) is 13. The van der Waals surface area contributed by atoms with Crippen molar-refractivity contribution in [1.82, 2.24) is 0 Å². The van der Waals surface area contributed by atoms with E-state index in [1.54, 1.807) is 26.0 Å². The Morgan fingerprint density at radius 3 is 1.89 bits per heavy atom. The molecule has 0 aromatic rings. The van der Waals surface area contributed by atoms with Gasteiger partial charge < -0.3 is 94.8 Å². The third-order valence-electron chi connectivity index (χ3n) is 18.2. The van der Waals surface area contributed by atoms with Gasteiger partial charge in [-0.1, -0.05) is 46.8 Å². The van der Waals surface area contributed by atoms with Gasteiger partial charge in [-0.15, -0.1) is 0 Å². The summed E-state index contributed by atoms with van der Waals surface area (Å²) in [6.07, 6.45) is -17.6. The topological polar surface area (TPSA) is 318 Å². The van der Waals surface area contributed by atoms with E-state index in [0.717, 1.165) is 0 Å². The van der Waals surface area contributed by atoms with Crippen LogP contribution in [0.4, 0.5) is 0 Å². The second-order valence-corrected chi connectivity index (χ2v) is 23.0. The van der Waals surface area contributed by atoms with Crippen LogP contribution in [0.25, 0.3) is 0 Å². The lowest BCUT2D eigenvalue weighted by atomic mass is 9.34. The Morgan fingerprint density at radius 2 is 1.27 bits per heavy atom. The summed E-state index contributed by atoms with van der Waals surface area (Å²) in [5, 5.41) is 142. The summed E-state index contributed by atoms with van der Waals surface area (Å²) in [7, 11) is 0. The zero-order valence-electron chi connectivity index (χ0n) is 39.6. The molecule has 25 atom stereocenters. The molecule has 0 bridgehead atoms. The van der Waals surface area contributed by atoms with Crippen LogP contribution in [-0.4, -0.2) is 202 Å². The van der Waals surface area contributed by atoms with E-state index in [2.05, 4.69) is 20.8 Å². The smallest absolute Gasteiger partial charge is 0.187 e. The van der Waals surface area contributed by atoms with E-state index in [1.807, 2.05) is 20.8 Å². The first-order chi connectivity index (χ1) is 30.6. The fourth-order valence-electron chi connectivity index (χ4n) is 14.5. The maximum atomic E-state index is 12.7. The average Bonchev–Trinajstić information content (AvgIpc) is 3.63. The minimum atomic E-state index is -1.75. The second kappa shape index (κ2) is 18.9. The Kier molecular flexibility index (Phi) is 15.1. The summed E-state index contributed by atoms with van der Waals surface area (Å²) in [5.74, 6) is -1.38. The minimum absolute atomic E-state index is 0.125. The molecule has 4 saturated carbocycles. The van der Waals surface area contributed by atoms with Crippen molar-refractivity contribution in [2.24, 2.45) is 45.3 Å². The van der Waals surface area contributed by atoms with E-state index in [1.165, 1.54) is 0 Å². The molecule has 66 heavy (non-hydrogen) atoms. The van der Waals surface area contributed by atoms with Crippen molar-refractivity contribution in [2.75, 3.05) is 19.8 Å². The van der Waals surface area contributed by atoms with E-state index in [-0.39, 0.29) is 12.3 Å². The van der Waals surface area contributed by atoms with Crippen molar-refractivity contribution in [3.63, 3.8) is 0 Å². The Bertz CT molecular complexity index is 1700. The molecule has 0 aromatic heterocycles. The van der Waals surface area contributed by atoms with Crippen molar-refractivity contribution >= 4 is 0 Å². The predicted molar refractivity (Wildman–Crippen MR) is 230 cm³/mol. The zero-order chi connectivity index (χ0) is 48.9. The summed E-state index contributed by atoms with van der Waals surface area (Å²) in [4.78, 5) is 0. The van der Waals surface area contributed by atoms with E-state index in [0.29, 0.717) is 38.5 Å². The molecule has 382 valence electrons. The Hall–Kier alpha value is -1.02. The van der Waals surface area contributed by atoms with Crippen LogP contribution in [-0.2, 0) is 28.4 Å². The molecular weight excluding hydrogens is 868 g/mol. The van der Waals surface area contributed by atoms with E-state index in [4.69, 9.17) is 28.4 Å². The van der Waals surface area contributed by atoms with Crippen LogP contribution in [0.3, 0.4) is 0 Å². The van der Waals surface area contributed by atoms with Crippen LogP contribution in [0.15, 0.2) is 12.2 Å². The van der Waals surface area contributed by atoms with Crippen LogP contribution >= 0.6 is 0 Å². The molecule has 0 spiro atoms. The van der Waals surface area contributed by atoms with E-state index in [9.17, 15) is 66.4 Å². The summed E-state index contributed by atoms with van der Waals surface area (Å²) in [6, 6.07) is 0. The summed E-state index contributed by atoms with van der Waals surface area (Å²) in [5.41, 5.74) is -5.04. The molecule has 4 aliphatic carbocycles. The number of ether oxygens (including phenoxy) is 6. The van der Waals surface area contributed by atoms with Crippen molar-refractivity contribution in [2.45, 2.75) is 216 Å². The molecule has 3 saturated heterocycles. The molecular formula is C47H80O19. The summed E-state index contributed by atoms with van der Waals surface area (Å²) >= 11 is 0. The number of aliphatic hydroxyl groups is 13. The van der Waals surface area contributed by atoms with Gasteiger partial charge in [0.2, 0.25) is 0 Å². The van der Waals surface area contributed by atoms with Crippen molar-refractivity contribution < 1.29 is 94.8 Å². The molecule has 0 radical (unpaired) electrons. The van der Waals surface area contributed by atoms with Crippen LogP contribution in [0.1, 0.15) is 100 Å². The number of hydrogen-bond acceptors (Lipinski definition) is 19. The Morgan fingerprint density at radius 1 is 0.667 bits per heavy atom. The van der Waals surface area contributed by atoms with E-state index < -0.39 is 175 Å². The molecule has 13 N–H and O–H groups in total. The van der Waals surface area contributed by atoms with E-state index >= 15 is 0 Å². The summed E-state index contributed by atoms with van der Waals surface area (Å²) in [6.45, 7) is 13.9. The number of fused-ring (bicyclic) bond motifs is 5. The first-order valence-corrected chi connectivity index (χ1v) is 23.9. The Labute approximate surface area is 387 Å². The quantitative estimate of drug-likeness (QED) is 0.0787. The molecule has 7 fully saturated rings.